The third-order valence-electron chi connectivity index (χ3n) is 3.78. The van der Waals surface area contributed by atoms with Gasteiger partial charge in [-0.15, -0.1) is 0 Å². The van der Waals surface area contributed by atoms with Gasteiger partial charge in [-0.25, -0.2) is 14.0 Å². The van der Waals surface area contributed by atoms with Crippen molar-refractivity contribution >= 4 is 27.6 Å². The summed E-state index contributed by atoms with van der Waals surface area (Å²) in [6.45, 7) is 0. The van der Waals surface area contributed by atoms with Crippen molar-refractivity contribution in [1.82, 2.24) is 0 Å². The van der Waals surface area contributed by atoms with Crippen molar-refractivity contribution in [2.75, 3.05) is 0 Å². The number of esters is 1. The fraction of sp³-hybridized carbons (Fsp3) is 0. The first-order valence-corrected chi connectivity index (χ1v) is 8.53. The molecule has 4 rings (SSSR count). The molecule has 0 aliphatic carbocycles. The molecule has 0 saturated carbocycles. The topological polar surface area (TPSA) is 56.5 Å². The lowest BCUT2D eigenvalue weighted by Gasteiger charge is -2.08. The van der Waals surface area contributed by atoms with Crippen molar-refractivity contribution in [2.45, 2.75) is 0 Å². The summed E-state index contributed by atoms with van der Waals surface area (Å²) >= 11 is 0.914. The molecule has 3 aromatic carbocycles. The van der Waals surface area contributed by atoms with E-state index in [1.807, 2.05) is 0 Å². The van der Waals surface area contributed by atoms with Crippen LogP contribution in [0.2, 0.25) is 0 Å². The molecule has 0 radical (unpaired) electrons. The van der Waals surface area contributed by atoms with Crippen LogP contribution in [0.1, 0.15) is 10.4 Å². The summed E-state index contributed by atoms with van der Waals surface area (Å²) in [6.07, 6.45) is 0. The number of ether oxygens (including phenoxy) is 1. The Labute approximate surface area is 151 Å². The molecule has 0 fully saturated rings. The maximum absolute atomic E-state index is 13.2. The maximum atomic E-state index is 13.2. The van der Waals surface area contributed by atoms with Gasteiger partial charge in [-0.05, 0) is 35.9 Å². The molecule has 0 bridgehead atoms. The first-order chi connectivity index (χ1) is 12.6. The second-order valence-electron chi connectivity index (χ2n) is 5.51. The van der Waals surface area contributed by atoms with Crippen molar-refractivity contribution in [3.05, 3.63) is 87.8 Å². The zero-order chi connectivity index (χ0) is 18.1. The molecule has 0 unspecified atom stereocenters. The average molecular weight is 366 g/mol. The highest BCUT2D eigenvalue weighted by atomic mass is 32.1. The molecule has 4 aromatic rings. The van der Waals surface area contributed by atoms with Gasteiger partial charge in [0.1, 0.15) is 11.6 Å². The second-order valence-corrected chi connectivity index (χ2v) is 6.49. The molecule has 1 heterocycles. The van der Waals surface area contributed by atoms with Gasteiger partial charge >= 0.3 is 10.9 Å². The Kier molecular flexibility index (Phi) is 4.10. The van der Waals surface area contributed by atoms with E-state index < -0.39 is 10.9 Å². The van der Waals surface area contributed by atoms with E-state index in [0.717, 1.165) is 11.3 Å². The summed E-state index contributed by atoms with van der Waals surface area (Å²) in [7, 11) is 0. The first-order valence-electron chi connectivity index (χ1n) is 7.71. The Morgan fingerprint density at radius 3 is 2.46 bits per heavy atom. The van der Waals surface area contributed by atoms with Gasteiger partial charge in [-0.3, -0.25) is 0 Å². The van der Waals surface area contributed by atoms with E-state index in [1.54, 1.807) is 54.6 Å². The number of carbonyl (C=O) groups is 1. The highest BCUT2D eigenvalue weighted by Crippen LogP contribution is 2.34. The summed E-state index contributed by atoms with van der Waals surface area (Å²) in [5, 5.41) is 0. The standard InChI is InChI=1S/C20H11FO4S/c21-14-8-6-12(7-9-14)16-10-15(11-17-18(16)25-20(23)26-17)24-19(22)13-4-2-1-3-5-13/h1-11H. The number of rotatable bonds is 3. The van der Waals surface area contributed by atoms with Gasteiger partial charge in [0, 0.05) is 11.6 Å². The van der Waals surface area contributed by atoms with Gasteiger partial charge in [0.25, 0.3) is 0 Å². The molecular weight excluding hydrogens is 355 g/mol. The highest BCUT2D eigenvalue weighted by molar-refractivity contribution is 7.16. The molecule has 6 heteroatoms. The van der Waals surface area contributed by atoms with E-state index in [9.17, 15) is 14.0 Å². The highest BCUT2D eigenvalue weighted by Gasteiger charge is 2.15. The predicted molar refractivity (Wildman–Crippen MR) is 97.2 cm³/mol. The van der Waals surface area contributed by atoms with Crippen LogP contribution in [-0.4, -0.2) is 5.97 Å². The fourth-order valence-electron chi connectivity index (χ4n) is 2.59. The molecule has 0 aliphatic heterocycles. The number of fused-ring (bicyclic) bond motifs is 1. The summed E-state index contributed by atoms with van der Waals surface area (Å²) in [5.41, 5.74) is 2.00. The Morgan fingerprint density at radius 1 is 1.00 bits per heavy atom. The molecule has 0 N–H and O–H groups in total. The lowest BCUT2D eigenvalue weighted by Crippen LogP contribution is -2.08. The zero-order valence-corrected chi connectivity index (χ0v) is 14.1. The van der Waals surface area contributed by atoms with Crippen molar-refractivity contribution in [2.24, 2.45) is 0 Å². The quantitative estimate of drug-likeness (QED) is 0.383. The van der Waals surface area contributed by atoms with Crippen LogP contribution in [0.5, 0.6) is 5.75 Å². The van der Waals surface area contributed by atoms with E-state index in [2.05, 4.69) is 0 Å². The largest absolute Gasteiger partial charge is 0.423 e. The summed E-state index contributed by atoms with van der Waals surface area (Å²) in [4.78, 5) is 23.5. The molecular formula is C20H11FO4S. The van der Waals surface area contributed by atoms with Crippen LogP contribution < -0.4 is 9.68 Å². The van der Waals surface area contributed by atoms with E-state index in [4.69, 9.17) is 9.15 Å². The molecule has 0 atom stereocenters. The minimum atomic E-state index is -0.508. The molecule has 0 amide bonds. The van der Waals surface area contributed by atoms with E-state index in [1.165, 1.54) is 12.1 Å². The van der Waals surface area contributed by atoms with Crippen LogP contribution in [0.4, 0.5) is 4.39 Å². The SMILES string of the molecule is O=C(Oc1cc(-c2ccc(F)cc2)c2oc(=O)sc2c1)c1ccccc1. The molecule has 0 aliphatic rings. The lowest BCUT2D eigenvalue weighted by molar-refractivity contribution is 0.0735. The van der Waals surface area contributed by atoms with Crippen molar-refractivity contribution < 1.29 is 18.3 Å². The predicted octanol–water partition coefficient (Wildman–Crippen LogP) is 4.88. The van der Waals surface area contributed by atoms with Gasteiger partial charge in [0.15, 0.2) is 5.58 Å². The van der Waals surface area contributed by atoms with Gasteiger partial charge in [0.2, 0.25) is 0 Å². The van der Waals surface area contributed by atoms with Crippen LogP contribution >= 0.6 is 11.3 Å². The lowest BCUT2D eigenvalue weighted by atomic mass is 10.0. The van der Waals surface area contributed by atoms with Gasteiger partial charge < -0.3 is 9.15 Å². The number of hydrogen-bond acceptors (Lipinski definition) is 5. The molecule has 128 valence electrons. The molecule has 26 heavy (non-hydrogen) atoms. The Bertz CT molecular complexity index is 1140. The maximum Gasteiger partial charge on any atom is 0.396 e. The van der Waals surface area contributed by atoms with Gasteiger partial charge in [-0.2, -0.15) is 0 Å². The average Bonchev–Trinajstić information content (AvgIpc) is 3.02. The van der Waals surface area contributed by atoms with Crippen LogP contribution in [0.25, 0.3) is 21.4 Å². The third-order valence-corrected chi connectivity index (χ3v) is 4.56. The Balaban J connectivity index is 1.80. The monoisotopic (exact) mass is 366 g/mol. The number of halogens is 1. The van der Waals surface area contributed by atoms with Crippen LogP contribution in [0, 0.1) is 5.82 Å². The van der Waals surface area contributed by atoms with Gasteiger partial charge in [0.05, 0.1) is 10.3 Å². The summed E-state index contributed by atoms with van der Waals surface area (Å²) < 4.78 is 24.5. The smallest absolute Gasteiger partial charge is 0.396 e. The number of carbonyl (C=O) groups excluding carboxylic acids is 1. The van der Waals surface area contributed by atoms with Crippen molar-refractivity contribution in [3.8, 4) is 16.9 Å². The number of hydrogen-bond donors (Lipinski definition) is 0. The normalized spacial score (nSPS) is 10.8. The number of benzene rings is 3. The third kappa shape index (κ3) is 3.14. The molecule has 0 spiro atoms. The fourth-order valence-corrected chi connectivity index (χ4v) is 3.32. The molecule has 1 aromatic heterocycles. The minimum Gasteiger partial charge on any atom is -0.423 e. The van der Waals surface area contributed by atoms with Gasteiger partial charge in [-0.1, -0.05) is 41.7 Å². The van der Waals surface area contributed by atoms with E-state index in [-0.39, 0.29) is 11.6 Å². The minimum absolute atomic E-state index is 0.280. The van der Waals surface area contributed by atoms with Crippen LogP contribution in [0.15, 0.2) is 75.9 Å². The zero-order valence-electron chi connectivity index (χ0n) is 13.3. The van der Waals surface area contributed by atoms with E-state index in [0.29, 0.717) is 27.0 Å². The van der Waals surface area contributed by atoms with Crippen LogP contribution in [-0.2, 0) is 0 Å². The first kappa shape index (κ1) is 16.2. The van der Waals surface area contributed by atoms with Crippen molar-refractivity contribution in [3.63, 3.8) is 0 Å². The summed E-state index contributed by atoms with van der Waals surface area (Å²) in [6, 6.07) is 17.5. The Morgan fingerprint density at radius 2 is 1.73 bits per heavy atom. The molecule has 4 nitrogen and oxygen atoms in total. The van der Waals surface area contributed by atoms with E-state index >= 15 is 0 Å². The summed E-state index contributed by atoms with van der Waals surface area (Å²) in [5.74, 6) is -0.600. The Hall–Kier alpha value is -3.25. The second kappa shape index (κ2) is 6.57. The molecule has 0 saturated heterocycles. The van der Waals surface area contributed by atoms with Crippen molar-refractivity contribution in [1.29, 1.82) is 0 Å². The van der Waals surface area contributed by atoms with Crippen LogP contribution in [0.3, 0.4) is 0 Å².